The fraction of sp³-hybridized carbons (Fsp3) is 0.692. The Bertz CT molecular complexity index is 876. The van der Waals surface area contributed by atoms with Crippen LogP contribution in [0.2, 0.25) is 0 Å². The Morgan fingerprint density at radius 3 is 2.45 bits per heavy atom. The first-order valence-electron chi connectivity index (χ1n) is 12.8. The normalized spacial score (nSPS) is 30.9. The van der Waals surface area contributed by atoms with Crippen molar-refractivity contribution in [3.8, 4) is 0 Å². The molecule has 33 heavy (non-hydrogen) atoms. The number of amides is 3. The number of piperazine rings is 1. The smallest absolute Gasteiger partial charge is 0.320 e. The number of likely N-dealkylation sites (tertiary alicyclic amines) is 2. The van der Waals surface area contributed by atoms with Crippen molar-refractivity contribution < 1.29 is 14.7 Å². The summed E-state index contributed by atoms with van der Waals surface area (Å²) in [7, 11) is 0. The summed E-state index contributed by atoms with van der Waals surface area (Å²) in [5, 5.41) is 9.84. The van der Waals surface area contributed by atoms with Crippen molar-refractivity contribution in [2.24, 2.45) is 5.41 Å². The van der Waals surface area contributed by atoms with Crippen LogP contribution in [-0.2, 0) is 4.79 Å². The number of nitrogens with zero attached hydrogens (tertiary/aromatic N) is 4. The highest BCUT2D eigenvalue weighted by Gasteiger charge is 2.51. The minimum atomic E-state index is -0.395. The fourth-order valence-electron chi connectivity index (χ4n) is 6.42. The number of aliphatic hydroxyl groups excluding tert-OH is 1. The van der Waals surface area contributed by atoms with Crippen LogP contribution in [0.25, 0.3) is 0 Å². The highest BCUT2D eigenvalue weighted by Crippen LogP contribution is 2.42. The van der Waals surface area contributed by atoms with Gasteiger partial charge in [0.25, 0.3) is 0 Å². The standard InChI is InChI=1S/C26H38N4O3/c1-20-4-2-5-22(18-20)27-14-16-28(17-15-27)25(33)29-12-3-10-26(19-29)11-13-30(24(26)32)21-6-8-23(31)9-7-21/h2,4-5,18,21,23,31H,3,6-17,19H2,1H3. The maximum atomic E-state index is 13.5. The van der Waals surface area contributed by atoms with Crippen LogP contribution in [0.1, 0.15) is 50.5 Å². The molecule has 1 atom stereocenters. The molecule has 0 radical (unpaired) electrons. The zero-order valence-electron chi connectivity index (χ0n) is 19.9. The Morgan fingerprint density at radius 2 is 1.73 bits per heavy atom. The summed E-state index contributed by atoms with van der Waals surface area (Å²) >= 11 is 0. The third-order valence-corrected chi connectivity index (χ3v) is 8.42. The van der Waals surface area contributed by atoms with Crippen LogP contribution in [0.15, 0.2) is 24.3 Å². The molecule has 180 valence electrons. The lowest BCUT2D eigenvalue weighted by molar-refractivity contribution is -0.141. The molecule has 4 fully saturated rings. The summed E-state index contributed by atoms with van der Waals surface area (Å²) in [6.07, 6.45) is 5.83. The maximum Gasteiger partial charge on any atom is 0.320 e. The quantitative estimate of drug-likeness (QED) is 0.746. The number of aliphatic hydroxyl groups is 1. The number of hydrogen-bond acceptors (Lipinski definition) is 4. The third-order valence-electron chi connectivity index (χ3n) is 8.42. The molecular weight excluding hydrogens is 416 g/mol. The van der Waals surface area contributed by atoms with Crippen molar-refractivity contribution in [2.45, 2.75) is 64.0 Å². The first-order valence-corrected chi connectivity index (χ1v) is 12.8. The molecule has 3 amide bonds. The highest BCUT2D eigenvalue weighted by molar-refractivity contribution is 5.86. The van der Waals surface area contributed by atoms with Gasteiger partial charge in [-0.2, -0.15) is 0 Å². The summed E-state index contributed by atoms with van der Waals surface area (Å²) in [6.45, 7) is 7.36. The zero-order valence-corrected chi connectivity index (χ0v) is 19.9. The van der Waals surface area contributed by atoms with Crippen LogP contribution in [0.3, 0.4) is 0 Å². The van der Waals surface area contributed by atoms with E-state index in [9.17, 15) is 14.7 Å². The topological polar surface area (TPSA) is 67.3 Å². The number of piperidine rings is 1. The SMILES string of the molecule is Cc1cccc(N2CCN(C(=O)N3CCCC4(CCN(C5CCC(O)CC5)C4=O)C3)CC2)c1. The van der Waals surface area contributed by atoms with Crippen LogP contribution in [-0.4, -0.2) is 89.7 Å². The molecule has 4 aliphatic rings. The molecule has 1 saturated carbocycles. The third kappa shape index (κ3) is 4.44. The van der Waals surface area contributed by atoms with Crippen molar-refractivity contribution in [3.05, 3.63) is 29.8 Å². The number of hydrogen-bond donors (Lipinski definition) is 1. The minimum Gasteiger partial charge on any atom is -0.393 e. The zero-order chi connectivity index (χ0) is 23.0. The second kappa shape index (κ2) is 9.16. The van der Waals surface area contributed by atoms with Gasteiger partial charge in [0.2, 0.25) is 5.91 Å². The van der Waals surface area contributed by atoms with Crippen LogP contribution in [0, 0.1) is 12.3 Å². The Hall–Kier alpha value is -2.28. The van der Waals surface area contributed by atoms with E-state index in [4.69, 9.17) is 0 Å². The van der Waals surface area contributed by atoms with Crippen molar-refractivity contribution in [1.29, 1.82) is 0 Å². The second-order valence-corrected chi connectivity index (χ2v) is 10.6. The van der Waals surface area contributed by atoms with Crippen LogP contribution in [0.4, 0.5) is 10.5 Å². The minimum absolute atomic E-state index is 0.102. The van der Waals surface area contributed by atoms with Crippen molar-refractivity contribution in [1.82, 2.24) is 14.7 Å². The molecule has 1 aliphatic carbocycles. The van der Waals surface area contributed by atoms with E-state index in [0.29, 0.717) is 6.54 Å². The molecule has 1 unspecified atom stereocenters. The van der Waals surface area contributed by atoms with Crippen LogP contribution in [0.5, 0.6) is 0 Å². The largest absolute Gasteiger partial charge is 0.393 e. The van der Waals surface area contributed by atoms with Gasteiger partial charge >= 0.3 is 6.03 Å². The van der Waals surface area contributed by atoms with Crippen molar-refractivity contribution in [3.63, 3.8) is 0 Å². The first kappa shape index (κ1) is 22.5. The molecule has 0 bridgehead atoms. The summed E-state index contributed by atoms with van der Waals surface area (Å²) in [5.41, 5.74) is 2.09. The molecule has 1 N–H and O–H groups in total. The van der Waals surface area contributed by atoms with Gasteiger partial charge in [-0.1, -0.05) is 12.1 Å². The van der Waals surface area contributed by atoms with Gasteiger partial charge in [0.1, 0.15) is 0 Å². The van der Waals surface area contributed by atoms with Crippen LogP contribution < -0.4 is 4.90 Å². The van der Waals surface area contributed by atoms with Gasteiger partial charge in [0, 0.05) is 57.5 Å². The Labute approximate surface area is 197 Å². The molecule has 7 nitrogen and oxygen atoms in total. The Kier molecular flexibility index (Phi) is 6.25. The van der Waals surface area contributed by atoms with E-state index in [1.54, 1.807) is 0 Å². The average molecular weight is 455 g/mol. The number of carbonyl (C=O) groups is 2. The molecular formula is C26H38N4O3. The number of carbonyl (C=O) groups excluding carboxylic acids is 2. The van der Waals surface area contributed by atoms with Gasteiger partial charge in [-0.15, -0.1) is 0 Å². The lowest BCUT2D eigenvalue weighted by Gasteiger charge is -2.43. The molecule has 3 aliphatic heterocycles. The van der Waals surface area contributed by atoms with E-state index >= 15 is 0 Å². The van der Waals surface area contributed by atoms with E-state index in [2.05, 4.69) is 41.0 Å². The molecule has 7 heteroatoms. The Balaban J connectivity index is 1.19. The molecule has 0 aromatic heterocycles. The molecule has 3 saturated heterocycles. The van der Waals surface area contributed by atoms with Gasteiger partial charge in [0.15, 0.2) is 0 Å². The predicted molar refractivity (Wildman–Crippen MR) is 128 cm³/mol. The molecule has 5 rings (SSSR count). The molecule has 1 spiro atoms. The summed E-state index contributed by atoms with van der Waals surface area (Å²) < 4.78 is 0. The second-order valence-electron chi connectivity index (χ2n) is 10.6. The number of urea groups is 1. The lowest BCUT2D eigenvalue weighted by atomic mass is 9.78. The lowest BCUT2D eigenvalue weighted by Crippen LogP contribution is -2.57. The maximum absolute atomic E-state index is 13.5. The highest BCUT2D eigenvalue weighted by atomic mass is 16.3. The van der Waals surface area contributed by atoms with Gasteiger partial charge in [0.05, 0.1) is 11.5 Å². The number of anilines is 1. The molecule has 3 heterocycles. The van der Waals surface area contributed by atoms with E-state index in [0.717, 1.165) is 84.2 Å². The van der Waals surface area contributed by atoms with Gasteiger partial charge < -0.3 is 24.7 Å². The van der Waals surface area contributed by atoms with Crippen molar-refractivity contribution >= 4 is 17.6 Å². The fourth-order valence-corrected chi connectivity index (χ4v) is 6.42. The number of rotatable bonds is 2. The van der Waals surface area contributed by atoms with E-state index in [-0.39, 0.29) is 24.1 Å². The average Bonchev–Trinajstić information content (AvgIpc) is 3.14. The van der Waals surface area contributed by atoms with Crippen molar-refractivity contribution in [2.75, 3.05) is 50.7 Å². The summed E-state index contributed by atoms with van der Waals surface area (Å²) in [4.78, 5) is 35.3. The predicted octanol–water partition coefficient (Wildman–Crippen LogP) is 2.86. The summed E-state index contributed by atoms with van der Waals surface area (Å²) in [6, 6.07) is 8.91. The Morgan fingerprint density at radius 1 is 0.970 bits per heavy atom. The van der Waals surface area contributed by atoms with E-state index in [1.807, 2.05) is 9.80 Å². The summed E-state index contributed by atoms with van der Waals surface area (Å²) in [5.74, 6) is 0.255. The first-order chi connectivity index (χ1) is 15.9. The number of aryl methyl sites for hydroxylation is 1. The van der Waals surface area contributed by atoms with E-state index in [1.165, 1.54) is 11.3 Å². The molecule has 1 aromatic carbocycles. The monoisotopic (exact) mass is 454 g/mol. The number of benzene rings is 1. The van der Waals surface area contributed by atoms with Gasteiger partial charge in [-0.3, -0.25) is 4.79 Å². The van der Waals surface area contributed by atoms with E-state index < -0.39 is 5.41 Å². The molecule has 1 aromatic rings. The van der Waals surface area contributed by atoms with Gasteiger partial charge in [-0.05, 0) is 69.6 Å². The van der Waals surface area contributed by atoms with Crippen LogP contribution >= 0.6 is 0 Å². The van der Waals surface area contributed by atoms with Gasteiger partial charge in [-0.25, -0.2) is 4.79 Å².